The Morgan fingerprint density at radius 2 is 1.91 bits per heavy atom. The first-order chi connectivity index (χ1) is 11.1. The zero-order valence-corrected chi connectivity index (χ0v) is 13.7. The number of piperidine rings is 1. The molecule has 1 aliphatic rings. The zero-order valence-electron chi connectivity index (χ0n) is 13.0. The van der Waals surface area contributed by atoms with E-state index < -0.39 is 6.10 Å². The molecule has 2 aromatic carbocycles. The summed E-state index contributed by atoms with van der Waals surface area (Å²) in [6, 6.07) is 15.0. The predicted octanol–water partition coefficient (Wildman–Crippen LogP) is 3.90. The van der Waals surface area contributed by atoms with Crippen molar-refractivity contribution in [2.75, 3.05) is 13.1 Å². The van der Waals surface area contributed by atoms with Crippen LogP contribution in [-0.2, 0) is 13.0 Å². The van der Waals surface area contributed by atoms with Crippen molar-refractivity contribution in [2.45, 2.75) is 25.5 Å². The van der Waals surface area contributed by atoms with Gasteiger partial charge in [-0.2, -0.15) is 0 Å². The molecule has 1 aliphatic heterocycles. The minimum absolute atomic E-state index is 0.00172. The van der Waals surface area contributed by atoms with E-state index in [0.717, 1.165) is 19.6 Å². The van der Waals surface area contributed by atoms with Crippen LogP contribution < -0.4 is 0 Å². The van der Waals surface area contributed by atoms with Crippen LogP contribution in [0.15, 0.2) is 48.5 Å². The van der Waals surface area contributed by atoms with Crippen LogP contribution in [0.2, 0.25) is 5.02 Å². The summed E-state index contributed by atoms with van der Waals surface area (Å²) in [6.45, 7) is 2.47. The molecule has 0 aliphatic carbocycles. The Hall–Kier alpha value is -1.42. The maximum absolute atomic E-state index is 14.0. The van der Waals surface area contributed by atoms with Gasteiger partial charge in [0.05, 0.1) is 6.10 Å². The Morgan fingerprint density at radius 3 is 2.65 bits per heavy atom. The van der Waals surface area contributed by atoms with Crippen molar-refractivity contribution in [3.8, 4) is 0 Å². The molecule has 0 radical (unpaired) electrons. The maximum Gasteiger partial charge on any atom is 0.127 e. The number of nitrogens with zero attached hydrogens (tertiary/aromatic N) is 1. The van der Waals surface area contributed by atoms with Gasteiger partial charge in [-0.05, 0) is 30.5 Å². The molecule has 0 amide bonds. The monoisotopic (exact) mass is 333 g/mol. The number of aliphatic hydroxyl groups excluding tert-OH is 1. The van der Waals surface area contributed by atoms with Crippen LogP contribution in [0.4, 0.5) is 4.39 Å². The lowest BCUT2D eigenvalue weighted by Crippen LogP contribution is -2.43. The van der Waals surface area contributed by atoms with Gasteiger partial charge in [0.2, 0.25) is 0 Å². The second-order valence-electron chi connectivity index (χ2n) is 6.24. The number of hydrogen-bond donors (Lipinski definition) is 1. The van der Waals surface area contributed by atoms with Gasteiger partial charge < -0.3 is 5.11 Å². The molecule has 0 aromatic heterocycles. The van der Waals surface area contributed by atoms with E-state index in [-0.39, 0.29) is 11.7 Å². The Labute approximate surface area is 141 Å². The minimum Gasteiger partial charge on any atom is -0.393 e. The fraction of sp³-hybridized carbons (Fsp3) is 0.368. The van der Waals surface area contributed by atoms with E-state index in [1.807, 2.05) is 18.2 Å². The average molecular weight is 334 g/mol. The van der Waals surface area contributed by atoms with Crippen LogP contribution in [0.1, 0.15) is 17.5 Å². The lowest BCUT2D eigenvalue weighted by atomic mass is 9.88. The Kier molecular flexibility index (Phi) is 5.31. The second kappa shape index (κ2) is 7.43. The molecule has 1 saturated heterocycles. The van der Waals surface area contributed by atoms with Crippen LogP contribution >= 0.6 is 11.6 Å². The van der Waals surface area contributed by atoms with Crippen LogP contribution in [0.25, 0.3) is 0 Å². The number of benzene rings is 2. The van der Waals surface area contributed by atoms with Crippen LogP contribution in [0.3, 0.4) is 0 Å². The molecule has 122 valence electrons. The first-order valence-corrected chi connectivity index (χ1v) is 8.38. The van der Waals surface area contributed by atoms with Crippen molar-refractivity contribution < 1.29 is 9.50 Å². The molecule has 3 rings (SSSR count). The molecule has 4 heteroatoms. The van der Waals surface area contributed by atoms with Crippen LogP contribution in [-0.4, -0.2) is 29.2 Å². The first-order valence-electron chi connectivity index (χ1n) is 8.00. The van der Waals surface area contributed by atoms with E-state index in [9.17, 15) is 9.50 Å². The van der Waals surface area contributed by atoms with Gasteiger partial charge in [-0.15, -0.1) is 0 Å². The summed E-state index contributed by atoms with van der Waals surface area (Å²) >= 11 is 6.13. The highest BCUT2D eigenvalue weighted by Crippen LogP contribution is 2.27. The van der Waals surface area contributed by atoms with Crippen LogP contribution in [0.5, 0.6) is 0 Å². The van der Waals surface area contributed by atoms with Crippen molar-refractivity contribution >= 4 is 11.6 Å². The topological polar surface area (TPSA) is 23.5 Å². The molecular weight excluding hydrogens is 313 g/mol. The quantitative estimate of drug-likeness (QED) is 0.917. The van der Waals surface area contributed by atoms with Crippen molar-refractivity contribution in [2.24, 2.45) is 5.92 Å². The van der Waals surface area contributed by atoms with Gasteiger partial charge in [0.25, 0.3) is 0 Å². The molecule has 2 unspecified atom stereocenters. The average Bonchev–Trinajstić information content (AvgIpc) is 2.55. The number of hydrogen-bond acceptors (Lipinski definition) is 2. The summed E-state index contributed by atoms with van der Waals surface area (Å²) in [6.07, 6.45) is 0.777. The SMILES string of the molecule is OC1CCN(Cc2ccccc2)CC1Cc1c(F)cccc1Cl. The highest BCUT2D eigenvalue weighted by Gasteiger charge is 2.29. The molecule has 2 aromatic rings. The number of rotatable bonds is 4. The largest absolute Gasteiger partial charge is 0.393 e. The summed E-state index contributed by atoms with van der Waals surface area (Å²) in [5.41, 5.74) is 1.77. The van der Waals surface area contributed by atoms with E-state index in [4.69, 9.17) is 11.6 Å². The summed E-state index contributed by atoms with van der Waals surface area (Å²) in [7, 11) is 0. The third-order valence-corrected chi connectivity index (χ3v) is 4.91. The maximum atomic E-state index is 14.0. The van der Waals surface area contributed by atoms with Gasteiger partial charge in [0.1, 0.15) is 5.82 Å². The third-order valence-electron chi connectivity index (χ3n) is 4.55. The molecule has 0 bridgehead atoms. The molecule has 2 atom stereocenters. The molecule has 1 heterocycles. The van der Waals surface area contributed by atoms with Gasteiger partial charge >= 0.3 is 0 Å². The van der Waals surface area contributed by atoms with Gasteiger partial charge in [-0.25, -0.2) is 4.39 Å². The first kappa shape index (κ1) is 16.4. The molecular formula is C19H21ClFNO. The van der Waals surface area contributed by atoms with E-state index in [0.29, 0.717) is 23.4 Å². The van der Waals surface area contributed by atoms with Crippen molar-refractivity contribution in [1.82, 2.24) is 4.90 Å². The van der Waals surface area contributed by atoms with Crippen molar-refractivity contribution in [3.05, 3.63) is 70.5 Å². The predicted molar refractivity (Wildman–Crippen MR) is 90.9 cm³/mol. The fourth-order valence-corrected chi connectivity index (χ4v) is 3.51. The summed E-state index contributed by atoms with van der Waals surface area (Å²) in [5, 5.41) is 10.7. The normalized spacial score (nSPS) is 22.2. The van der Waals surface area contributed by atoms with Gasteiger partial charge in [-0.3, -0.25) is 4.90 Å². The lowest BCUT2D eigenvalue weighted by Gasteiger charge is -2.36. The molecule has 0 saturated carbocycles. The molecule has 0 spiro atoms. The third kappa shape index (κ3) is 4.11. The van der Waals surface area contributed by atoms with E-state index in [1.54, 1.807) is 12.1 Å². The van der Waals surface area contributed by atoms with E-state index in [2.05, 4.69) is 17.0 Å². The second-order valence-corrected chi connectivity index (χ2v) is 6.65. The minimum atomic E-state index is -0.405. The van der Waals surface area contributed by atoms with Crippen molar-refractivity contribution in [3.63, 3.8) is 0 Å². The summed E-state index contributed by atoms with van der Waals surface area (Å²) < 4.78 is 14.0. The van der Waals surface area contributed by atoms with E-state index in [1.165, 1.54) is 11.6 Å². The Balaban J connectivity index is 1.69. The highest BCUT2D eigenvalue weighted by molar-refractivity contribution is 6.31. The Morgan fingerprint density at radius 1 is 1.13 bits per heavy atom. The number of aliphatic hydroxyl groups is 1. The van der Waals surface area contributed by atoms with E-state index >= 15 is 0 Å². The summed E-state index contributed by atoms with van der Waals surface area (Å²) in [5.74, 6) is -0.285. The highest BCUT2D eigenvalue weighted by atomic mass is 35.5. The van der Waals surface area contributed by atoms with Gasteiger partial charge in [0, 0.05) is 36.1 Å². The number of halogens is 2. The number of likely N-dealkylation sites (tertiary alicyclic amines) is 1. The van der Waals surface area contributed by atoms with Crippen LogP contribution in [0, 0.1) is 11.7 Å². The molecule has 1 fully saturated rings. The Bertz CT molecular complexity index is 629. The van der Waals surface area contributed by atoms with Gasteiger partial charge in [0.15, 0.2) is 0 Å². The molecule has 2 nitrogen and oxygen atoms in total. The fourth-order valence-electron chi connectivity index (χ4n) is 3.27. The zero-order chi connectivity index (χ0) is 16.2. The molecule has 1 N–H and O–H groups in total. The lowest BCUT2D eigenvalue weighted by molar-refractivity contribution is 0.0236. The standard InChI is InChI=1S/C19H21ClFNO/c20-17-7-4-8-18(21)16(17)11-15-13-22(10-9-19(15)23)12-14-5-2-1-3-6-14/h1-8,15,19,23H,9-13H2. The molecule has 23 heavy (non-hydrogen) atoms. The summed E-state index contributed by atoms with van der Waals surface area (Å²) in [4.78, 5) is 2.32. The van der Waals surface area contributed by atoms with Gasteiger partial charge in [-0.1, -0.05) is 48.0 Å². The van der Waals surface area contributed by atoms with Crippen molar-refractivity contribution in [1.29, 1.82) is 0 Å². The smallest absolute Gasteiger partial charge is 0.127 e.